The number of benzene rings is 2. The van der Waals surface area contributed by atoms with Gasteiger partial charge in [0.15, 0.2) is 11.5 Å². The molecule has 0 bridgehead atoms. The lowest BCUT2D eigenvalue weighted by atomic mass is 9.93. The predicted molar refractivity (Wildman–Crippen MR) is 111 cm³/mol. The second kappa shape index (κ2) is 7.28. The van der Waals surface area contributed by atoms with Gasteiger partial charge in [-0.15, -0.1) is 0 Å². The summed E-state index contributed by atoms with van der Waals surface area (Å²) in [7, 11) is 0. The number of aryl methyl sites for hydroxylation is 1. The van der Waals surface area contributed by atoms with Gasteiger partial charge in [-0.2, -0.15) is 5.10 Å². The molecule has 0 unspecified atom stereocenters. The Kier molecular flexibility index (Phi) is 4.78. The van der Waals surface area contributed by atoms with Gasteiger partial charge in [-0.3, -0.25) is 4.79 Å². The summed E-state index contributed by atoms with van der Waals surface area (Å²) in [5.41, 5.74) is 3.78. The minimum Gasteiger partial charge on any atom is -0.486 e. The molecule has 150 valence electrons. The second-order valence-electron chi connectivity index (χ2n) is 7.83. The molecule has 0 saturated heterocycles. The fourth-order valence-corrected chi connectivity index (χ4v) is 3.51. The van der Waals surface area contributed by atoms with Crippen molar-refractivity contribution in [1.29, 1.82) is 0 Å². The van der Waals surface area contributed by atoms with E-state index < -0.39 is 5.54 Å². The van der Waals surface area contributed by atoms with E-state index in [0.29, 0.717) is 24.5 Å². The monoisotopic (exact) mass is 391 g/mol. The predicted octanol–water partition coefficient (Wildman–Crippen LogP) is 3.93. The van der Waals surface area contributed by atoms with Crippen molar-refractivity contribution in [3.63, 3.8) is 0 Å². The number of carbonyl (C=O) groups is 1. The summed E-state index contributed by atoms with van der Waals surface area (Å²) in [6.07, 6.45) is 1.62. The molecule has 1 aromatic heterocycles. The third-order valence-electron chi connectivity index (χ3n) is 5.19. The average molecular weight is 391 g/mol. The first-order valence-electron chi connectivity index (χ1n) is 9.69. The van der Waals surface area contributed by atoms with Crippen molar-refractivity contribution in [1.82, 2.24) is 15.1 Å². The molecule has 3 aromatic rings. The summed E-state index contributed by atoms with van der Waals surface area (Å²) >= 11 is 0. The number of carbonyl (C=O) groups excluding carboxylic acids is 1. The molecular weight excluding hydrogens is 366 g/mol. The molecule has 2 aromatic carbocycles. The van der Waals surface area contributed by atoms with Crippen LogP contribution in [-0.2, 0) is 5.54 Å². The van der Waals surface area contributed by atoms with Crippen molar-refractivity contribution < 1.29 is 14.3 Å². The van der Waals surface area contributed by atoms with Gasteiger partial charge in [-0.25, -0.2) is 4.68 Å². The highest BCUT2D eigenvalue weighted by molar-refractivity contribution is 5.95. The van der Waals surface area contributed by atoms with Crippen molar-refractivity contribution in [2.24, 2.45) is 0 Å². The maximum Gasteiger partial charge on any atom is 0.255 e. The fraction of sp³-hybridized carbons (Fsp3) is 0.304. The SMILES string of the molecule is Cc1cccc(-n2ncc(C(=O)NC(C)(C)c3ccc4c(c3)OCCO4)c2C)c1. The lowest BCUT2D eigenvalue weighted by molar-refractivity contribution is 0.0911. The molecule has 0 saturated carbocycles. The minimum atomic E-state index is -0.592. The van der Waals surface area contributed by atoms with Gasteiger partial charge in [0.2, 0.25) is 0 Å². The summed E-state index contributed by atoms with van der Waals surface area (Å²) in [5, 5.41) is 7.55. The van der Waals surface area contributed by atoms with Crippen molar-refractivity contribution in [3.05, 3.63) is 71.0 Å². The third kappa shape index (κ3) is 3.70. The average Bonchev–Trinajstić information content (AvgIpc) is 3.09. The molecule has 1 N–H and O–H groups in total. The van der Waals surface area contributed by atoms with Gasteiger partial charge < -0.3 is 14.8 Å². The second-order valence-corrected chi connectivity index (χ2v) is 7.83. The Labute approximate surface area is 170 Å². The lowest BCUT2D eigenvalue weighted by Crippen LogP contribution is -2.41. The largest absolute Gasteiger partial charge is 0.486 e. The van der Waals surface area contributed by atoms with Gasteiger partial charge in [0.25, 0.3) is 5.91 Å². The number of ether oxygens (including phenoxy) is 2. The molecule has 0 aliphatic carbocycles. The zero-order valence-corrected chi connectivity index (χ0v) is 17.2. The van der Waals surface area contributed by atoms with Gasteiger partial charge in [0.1, 0.15) is 13.2 Å². The molecule has 1 amide bonds. The molecule has 0 radical (unpaired) electrons. The van der Waals surface area contributed by atoms with E-state index in [-0.39, 0.29) is 5.91 Å². The van der Waals surface area contributed by atoms with Crippen LogP contribution < -0.4 is 14.8 Å². The standard InChI is InChI=1S/C23H25N3O3/c1-15-6-5-7-18(12-15)26-16(2)19(14-24-26)22(27)25-23(3,4)17-8-9-20-21(13-17)29-11-10-28-20/h5-9,12-14H,10-11H2,1-4H3,(H,25,27). The van der Waals surface area contributed by atoms with Crippen LogP contribution in [0.3, 0.4) is 0 Å². The maximum atomic E-state index is 13.0. The van der Waals surface area contributed by atoms with Gasteiger partial charge >= 0.3 is 0 Å². The molecule has 0 fully saturated rings. The Morgan fingerprint density at radius 3 is 2.59 bits per heavy atom. The number of rotatable bonds is 4. The van der Waals surface area contributed by atoms with Crippen LogP contribution in [0.5, 0.6) is 11.5 Å². The highest BCUT2D eigenvalue weighted by atomic mass is 16.6. The summed E-state index contributed by atoms with van der Waals surface area (Å²) in [6, 6.07) is 13.8. The van der Waals surface area contributed by atoms with Crippen molar-refractivity contribution in [3.8, 4) is 17.2 Å². The summed E-state index contributed by atoms with van der Waals surface area (Å²) in [5.74, 6) is 1.28. The van der Waals surface area contributed by atoms with Gasteiger partial charge in [0, 0.05) is 0 Å². The third-order valence-corrected chi connectivity index (χ3v) is 5.19. The van der Waals surface area contributed by atoms with Gasteiger partial charge in [0.05, 0.1) is 28.7 Å². The van der Waals surface area contributed by atoms with E-state index in [1.54, 1.807) is 10.9 Å². The van der Waals surface area contributed by atoms with E-state index in [9.17, 15) is 4.79 Å². The smallest absolute Gasteiger partial charge is 0.255 e. The molecule has 6 heteroatoms. The topological polar surface area (TPSA) is 65.4 Å². The van der Waals surface area contributed by atoms with Crippen molar-refractivity contribution >= 4 is 5.91 Å². The number of fused-ring (bicyclic) bond motifs is 1. The van der Waals surface area contributed by atoms with E-state index in [2.05, 4.69) is 10.4 Å². The molecule has 29 heavy (non-hydrogen) atoms. The van der Waals surface area contributed by atoms with E-state index >= 15 is 0 Å². The van der Waals surface area contributed by atoms with Crippen molar-refractivity contribution in [2.45, 2.75) is 33.2 Å². The molecule has 2 heterocycles. The molecule has 0 atom stereocenters. The first kappa shape index (κ1) is 19.1. The maximum absolute atomic E-state index is 13.0. The first-order valence-corrected chi connectivity index (χ1v) is 9.69. The highest BCUT2D eigenvalue weighted by Gasteiger charge is 2.27. The Morgan fingerprint density at radius 2 is 1.83 bits per heavy atom. The molecular formula is C23H25N3O3. The van der Waals surface area contributed by atoms with Crippen molar-refractivity contribution in [2.75, 3.05) is 13.2 Å². The van der Waals surface area contributed by atoms with Crippen LogP contribution in [0.25, 0.3) is 5.69 Å². The minimum absolute atomic E-state index is 0.165. The van der Waals surface area contributed by atoms with E-state index in [1.165, 1.54) is 0 Å². The van der Waals surface area contributed by atoms with E-state index in [4.69, 9.17) is 9.47 Å². The molecule has 1 aliphatic heterocycles. The van der Waals surface area contributed by atoms with Gasteiger partial charge in [-0.05, 0) is 63.1 Å². The molecule has 1 aliphatic rings. The molecule has 6 nitrogen and oxygen atoms in total. The number of hydrogen-bond donors (Lipinski definition) is 1. The lowest BCUT2D eigenvalue weighted by Gasteiger charge is -2.28. The summed E-state index contributed by atoms with van der Waals surface area (Å²) in [6.45, 7) is 8.96. The zero-order valence-electron chi connectivity index (χ0n) is 17.2. The highest BCUT2D eigenvalue weighted by Crippen LogP contribution is 2.34. The van der Waals surface area contributed by atoms with E-state index in [0.717, 1.165) is 28.3 Å². The molecule has 4 rings (SSSR count). The first-order chi connectivity index (χ1) is 13.8. The van der Waals surface area contributed by atoms with Crippen LogP contribution in [0.15, 0.2) is 48.7 Å². The Morgan fingerprint density at radius 1 is 1.07 bits per heavy atom. The zero-order chi connectivity index (χ0) is 20.6. The van der Waals surface area contributed by atoms with Crippen LogP contribution in [0.2, 0.25) is 0 Å². The van der Waals surface area contributed by atoms with Crippen LogP contribution in [0, 0.1) is 13.8 Å². The Bertz CT molecular complexity index is 1070. The van der Waals surface area contributed by atoms with Gasteiger partial charge in [-0.1, -0.05) is 18.2 Å². The quantitative estimate of drug-likeness (QED) is 0.732. The number of nitrogens with zero attached hydrogens (tertiary/aromatic N) is 2. The molecule has 0 spiro atoms. The summed E-state index contributed by atoms with van der Waals surface area (Å²) in [4.78, 5) is 13.0. The Hall–Kier alpha value is -3.28. The Balaban J connectivity index is 1.57. The van der Waals surface area contributed by atoms with Crippen LogP contribution in [0.1, 0.15) is 41.0 Å². The van der Waals surface area contributed by atoms with E-state index in [1.807, 2.05) is 70.2 Å². The normalized spacial score (nSPS) is 13.2. The number of nitrogens with one attached hydrogen (secondary N) is 1. The van der Waals surface area contributed by atoms with Crippen LogP contribution in [0.4, 0.5) is 0 Å². The fourth-order valence-electron chi connectivity index (χ4n) is 3.51. The number of hydrogen-bond acceptors (Lipinski definition) is 4. The van der Waals surface area contributed by atoms with Crippen LogP contribution >= 0.6 is 0 Å². The van der Waals surface area contributed by atoms with Crippen LogP contribution in [-0.4, -0.2) is 28.9 Å². The number of aromatic nitrogens is 2. The number of amides is 1. The summed E-state index contributed by atoms with van der Waals surface area (Å²) < 4.78 is 13.1.